The van der Waals surface area contributed by atoms with E-state index >= 15 is 0 Å². The Morgan fingerprint density at radius 3 is 2.43 bits per heavy atom. The minimum atomic E-state index is 0.663. The molecule has 23 heavy (non-hydrogen) atoms. The lowest BCUT2D eigenvalue weighted by Gasteiger charge is -2.13. The van der Waals surface area contributed by atoms with Gasteiger partial charge in [-0.25, -0.2) is 0 Å². The van der Waals surface area contributed by atoms with Crippen LogP contribution in [0.25, 0.3) is 11.1 Å². The van der Waals surface area contributed by atoms with Crippen molar-refractivity contribution >= 4 is 0 Å². The minimum Gasteiger partial charge on any atom is -0.497 e. The topological polar surface area (TPSA) is 31.4 Å². The molecule has 3 aromatic rings. The molecule has 0 saturated heterocycles. The van der Waals surface area contributed by atoms with E-state index in [0.717, 1.165) is 22.4 Å². The zero-order chi connectivity index (χ0) is 16.1. The van der Waals surface area contributed by atoms with Crippen LogP contribution in [0.4, 0.5) is 0 Å². The van der Waals surface area contributed by atoms with Crippen molar-refractivity contribution < 1.29 is 9.47 Å². The zero-order valence-electron chi connectivity index (χ0n) is 12.7. The van der Waals surface area contributed by atoms with Gasteiger partial charge in [0.15, 0.2) is 0 Å². The second-order valence-corrected chi connectivity index (χ2v) is 4.84. The highest BCUT2D eigenvalue weighted by Gasteiger charge is 2.12. The van der Waals surface area contributed by atoms with Gasteiger partial charge in [0.2, 0.25) is 0 Å². The van der Waals surface area contributed by atoms with Gasteiger partial charge in [-0.3, -0.25) is 4.98 Å². The molecule has 112 valence electrons. The molecule has 0 aliphatic carbocycles. The monoisotopic (exact) mass is 301 g/mol. The number of pyridine rings is 1. The Bertz CT molecular complexity index is 834. The molecule has 0 atom stereocenters. The van der Waals surface area contributed by atoms with Crippen LogP contribution in [0.15, 0.2) is 67.0 Å². The molecule has 3 heteroatoms. The molecular formula is C20H15NO2. The van der Waals surface area contributed by atoms with Gasteiger partial charge in [0, 0.05) is 17.3 Å². The van der Waals surface area contributed by atoms with Crippen LogP contribution in [0.5, 0.6) is 17.2 Å². The summed E-state index contributed by atoms with van der Waals surface area (Å²) in [6.45, 7) is 0. The Balaban J connectivity index is 2.08. The second kappa shape index (κ2) is 6.67. The fourth-order valence-corrected chi connectivity index (χ4v) is 2.33. The molecule has 0 bridgehead atoms. The summed E-state index contributed by atoms with van der Waals surface area (Å²) in [4.78, 5) is 4.07. The number of rotatable bonds is 4. The fraction of sp³-hybridized carbons (Fsp3) is 0.0500. The molecule has 1 heterocycles. The highest BCUT2D eigenvalue weighted by Crippen LogP contribution is 2.36. The molecular weight excluding hydrogens is 286 g/mol. The lowest BCUT2D eigenvalue weighted by Crippen LogP contribution is -1.92. The van der Waals surface area contributed by atoms with Crippen molar-refractivity contribution in [1.29, 1.82) is 0 Å². The van der Waals surface area contributed by atoms with Gasteiger partial charge in [-0.2, -0.15) is 0 Å². The average Bonchev–Trinajstić information content (AvgIpc) is 2.62. The largest absolute Gasteiger partial charge is 0.497 e. The van der Waals surface area contributed by atoms with Crippen LogP contribution in [-0.2, 0) is 0 Å². The Morgan fingerprint density at radius 2 is 1.78 bits per heavy atom. The van der Waals surface area contributed by atoms with Crippen molar-refractivity contribution in [3.63, 3.8) is 0 Å². The summed E-state index contributed by atoms with van der Waals surface area (Å²) in [5.74, 6) is 4.87. The first kappa shape index (κ1) is 14.7. The Labute approximate surface area is 135 Å². The van der Waals surface area contributed by atoms with Crippen LogP contribution in [0.2, 0.25) is 0 Å². The summed E-state index contributed by atoms with van der Waals surface area (Å²) in [5.41, 5.74) is 2.62. The van der Waals surface area contributed by atoms with E-state index in [4.69, 9.17) is 15.9 Å². The summed E-state index contributed by atoms with van der Waals surface area (Å²) in [6, 6.07) is 17.1. The first-order valence-corrected chi connectivity index (χ1v) is 7.14. The van der Waals surface area contributed by atoms with E-state index in [9.17, 15) is 0 Å². The second-order valence-electron chi connectivity index (χ2n) is 4.84. The van der Waals surface area contributed by atoms with E-state index in [1.807, 2.05) is 54.6 Å². The van der Waals surface area contributed by atoms with Crippen LogP contribution in [0.1, 0.15) is 5.56 Å². The molecule has 0 aliphatic rings. The van der Waals surface area contributed by atoms with Crippen molar-refractivity contribution in [3.05, 3.63) is 72.6 Å². The highest BCUT2D eigenvalue weighted by atomic mass is 16.5. The van der Waals surface area contributed by atoms with Crippen molar-refractivity contribution in [3.8, 4) is 40.7 Å². The van der Waals surface area contributed by atoms with E-state index in [-0.39, 0.29) is 0 Å². The summed E-state index contributed by atoms with van der Waals surface area (Å²) in [7, 11) is 1.64. The van der Waals surface area contributed by atoms with Crippen molar-refractivity contribution in [2.45, 2.75) is 0 Å². The molecule has 3 rings (SSSR count). The number of ether oxygens (including phenoxy) is 2. The van der Waals surface area contributed by atoms with Gasteiger partial charge >= 0.3 is 0 Å². The summed E-state index contributed by atoms with van der Waals surface area (Å²) < 4.78 is 11.2. The Hall–Kier alpha value is -3.25. The smallest absolute Gasteiger partial charge is 0.145 e. The van der Waals surface area contributed by atoms with Crippen molar-refractivity contribution in [2.24, 2.45) is 0 Å². The van der Waals surface area contributed by atoms with E-state index in [1.54, 1.807) is 19.5 Å². The quantitative estimate of drug-likeness (QED) is 0.663. The first-order valence-electron chi connectivity index (χ1n) is 7.14. The minimum absolute atomic E-state index is 0.663. The summed E-state index contributed by atoms with van der Waals surface area (Å²) in [5, 5.41) is 0. The number of methoxy groups -OCH3 is 1. The molecule has 3 nitrogen and oxygen atoms in total. The fourth-order valence-electron chi connectivity index (χ4n) is 2.33. The van der Waals surface area contributed by atoms with E-state index < -0.39 is 0 Å². The Morgan fingerprint density at radius 1 is 0.957 bits per heavy atom. The third-order valence-electron chi connectivity index (χ3n) is 3.42. The predicted octanol–water partition coefficient (Wildman–Crippen LogP) is 4.53. The number of aromatic nitrogens is 1. The van der Waals surface area contributed by atoms with Crippen LogP contribution in [0.3, 0.4) is 0 Å². The van der Waals surface area contributed by atoms with Gasteiger partial charge < -0.3 is 9.47 Å². The van der Waals surface area contributed by atoms with E-state index in [0.29, 0.717) is 11.5 Å². The Kier molecular flexibility index (Phi) is 4.26. The van der Waals surface area contributed by atoms with E-state index in [1.165, 1.54) is 0 Å². The highest BCUT2D eigenvalue weighted by molar-refractivity contribution is 5.77. The summed E-state index contributed by atoms with van der Waals surface area (Å²) in [6.07, 6.45) is 9.03. The molecule has 2 aromatic carbocycles. The molecule has 0 fully saturated rings. The third-order valence-corrected chi connectivity index (χ3v) is 3.42. The third kappa shape index (κ3) is 3.17. The van der Waals surface area contributed by atoms with Crippen LogP contribution >= 0.6 is 0 Å². The van der Waals surface area contributed by atoms with Crippen molar-refractivity contribution in [1.82, 2.24) is 4.98 Å². The standard InChI is InChI=1S/C20H15NO2/c1-3-15-6-4-8-19(23-18-7-5-13-21-14-18)20(15)16-9-11-17(22-2)12-10-16/h1,4-14H,2H3. The normalized spacial score (nSPS) is 9.91. The van der Waals surface area contributed by atoms with E-state index in [2.05, 4.69) is 10.9 Å². The van der Waals surface area contributed by atoms with Gasteiger partial charge in [0.1, 0.15) is 17.2 Å². The molecule has 0 N–H and O–H groups in total. The van der Waals surface area contributed by atoms with Gasteiger partial charge in [0.05, 0.1) is 13.3 Å². The van der Waals surface area contributed by atoms with Gasteiger partial charge in [0.25, 0.3) is 0 Å². The number of hydrogen-bond donors (Lipinski definition) is 0. The molecule has 0 saturated carbocycles. The van der Waals surface area contributed by atoms with Crippen molar-refractivity contribution in [2.75, 3.05) is 7.11 Å². The van der Waals surface area contributed by atoms with Crippen LogP contribution in [0, 0.1) is 12.3 Å². The number of benzene rings is 2. The average molecular weight is 301 g/mol. The lowest BCUT2D eigenvalue weighted by molar-refractivity contribution is 0.415. The lowest BCUT2D eigenvalue weighted by atomic mass is 9.99. The molecule has 0 spiro atoms. The maximum Gasteiger partial charge on any atom is 0.145 e. The number of nitrogens with zero attached hydrogens (tertiary/aromatic N) is 1. The van der Waals surface area contributed by atoms with Gasteiger partial charge in [-0.1, -0.05) is 24.1 Å². The molecule has 0 unspecified atom stereocenters. The van der Waals surface area contributed by atoms with Crippen LogP contribution in [-0.4, -0.2) is 12.1 Å². The molecule has 0 amide bonds. The number of terminal acetylenes is 1. The summed E-state index contributed by atoms with van der Waals surface area (Å²) >= 11 is 0. The predicted molar refractivity (Wildman–Crippen MR) is 90.7 cm³/mol. The molecule has 1 aromatic heterocycles. The maximum absolute atomic E-state index is 5.97. The maximum atomic E-state index is 5.97. The molecule has 0 radical (unpaired) electrons. The molecule has 0 aliphatic heterocycles. The zero-order valence-corrected chi connectivity index (χ0v) is 12.7. The SMILES string of the molecule is C#Cc1cccc(Oc2cccnc2)c1-c1ccc(OC)cc1. The van der Waals surface area contributed by atoms with Gasteiger partial charge in [-0.15, -0.1) is 6.42 Å². The number of hydrogen-bond acceptors (Lipinski definition) is 3. The van der Waals surface area contributed by atoms with Gasteiger partial charge in [-0.05, 0) is 42.0 Å². The first-order chi connectivity index (χ1) is 11.3. The van der Waals surface area contributed by atoms with Crippen LogP contribution < -0.4 is 9.47 Å².